The van der Waals surface area contributed by atoms with Crippen molar-refractivity contribution in [1.29, 1.82) is 0 Å². The van der Waals surface area contributed by atoms with E-state index in [9.17, 15) is 9.18 Å². The lowest BCUT2D eigenvalue weighted by Crippen LogP contribution is -2.19. The maximum absolute atomic E-state index is 13.9. The Morgan fingerprint density at radius 2 is 1.82 bits per heavy atom. The molecule has 34 heavy (non-hydrogen) atoms. The van der Waals surface area contributed by atoms with Crippen LogP contribution < -0.4 is 14.8 Å². The van der Waals surface area contributed by atoms with Crippen LogP contribution in [0.5, 0.6) is 11.5 Å². The van der Waals surface area contributed by atoms with Crippen molar-refractivity contribution in [2.45, 2.75) is 20.5 Å². The Morgan fingerprint density at radius 3 is 2.53 bits per heavy atom. The molecule has 1 fully saturated rings. The van der Waals surface area contributed by atoms with E-state index in [1.165, 1.54) is 24.9 Å². The standard InChI is InChI=1S/C26H22BrFN2O3S/c1-15-10-19(11-16(2)24(15)27)29-26-30-25(31)23(34-26)13-17-8-9-21(22(12-17)32-3)33-14-18-6-4-5-7-20(18)28/h4-13H,14H2,1-3H3,(H,29,30,31)/b23-13-. The van der Waals surface area contributed by atoms with Crippen molar-refractivity contribution >= 4 is 50.5 Å². The van der Waals surface area contributed by atoms with E-state index >= 15 is 0 Å². The topological polar surface area (TPSA) is 59.9 Å². The summed E-state index contributed by atoms with van der Waals surface area (Å²) in [6, 6.07) is 15.7. The number of hydrogen-bond acceptors (Lipinski definition) is 5. The number of rotatable bonds is 6. The highest BCUT2D eigenvalue weighted by molar-refractivity contribution is 9.10. The maximum Gasteiger partial charge on any atom is 0.264 e. The summed E-state index contributed by atoms with van der Waals surface area (Å²) in [7, 11) is 1.53. The number of amides is 1. The molecule has 1 N–H and O–H groups in total. The number of ether oxygens (including phenoxy) is 2. The summed E-state index contributed by atoms with van der Waals surface area (Å²) in [6.07, 6.45) is 1.77. The summed E-state index contributed by atoms with van der Waals surface area (Å²) in [6.45, 7) is 4.09. The van der Waals surface area contributed by atoms with E-state index < -0.39 is 0 Å². The SMILES string of the molecule is COc1cc(/C=C2\SC(=Nc3cc(C)c(Br)c(C)c3)NC2=O)ccc1OCc1ccccc1F. The Bertz CT molecular complexity index is 1300. The third-order valence-corrected chi connectivity index (χ3v) is 7.29. The highest BCUT2D eigenvalue weighted by Gasteiger charge is 2.24. The van der Waals surface area contributed by atoms with Gasteiger partial charge in [0.25, 0.3) is 5.91 Å². The van der Waals surface area contributed by atoms with Crippen LogP contribution in [0.2, 0.25) is 0 Å². The molecule has 5 nitrogen and oxygen atoms in total. The van der Waals surface area contributed by atoms with Crippen LogP contribution in [-0.2, 0) is 11.4 Å². The fourth-order valence-electron chi connectivity index (χ4n) is 3.40. The third-order valence-electron chi connectivity index (χ3n) is 5.13. The molecule has 0 aromatic heterocycles. The average Bonchev–Trinajstić information content (AvgIpc) is 3.15. The van der Waals surface area contributed by atoms with Crippen molar-refractivity contribution < 1.29 is 18.7 Å². The first kappa shape index (κ1) is 24.0. The van der Waals surface area contributed by atoms with E-state index in [0.717, 1.165) is 26.9 Å². The first-order chi connectivity index (χ1) is 16.3. The number of aliphatic imine (C=N–C) groups is 1. The van der Waals surface area contributed by atoms with Gasteiger partial charge in [0.1, 0.15) is 12.4 Å². The fraction of sp³-hybridized carbons (Fsp3) is 0.154. The van der Waals surface area contributed by atoms with E-state index in [4.69, 9.17) is 9.47 Å². The summed E-state index contributed by atoms with van der Waals surface area (Å²) in [5, 5.41) is 3.33. The zero-order chi connectivity index (χ0) is 24.2. The molecule has 0 unspecified atom stereocenters. The molecule has 0 saturated carbocycles. The minimum Gasteiger partial charge on any atom is -0.493 e. The monoisotopic (exact) mass is 540 g/mol. The molecule has 0 aliphatic carbocycles. The number of amidine groups is 1. The van der Waals surface area contributed by atoms with Crippen LogP contribution in [0.4, 0.5) is 10.1 Å². The fourth-order valence-corrected chi connectivity index (χ4v) is 4.47. The summed E-state index contributed by atoms with van der Waals surface area (Å²) >= 11 is 4.83. The summed E-state index contributed by atoms with van der Waals surface area (Å²) in [5.74, 6) is 0.439. The molecule has 8 heteroatoms. The van der Waals surface area contributed by atoms with Gasteiger partial charge in [-0.1, -0.05) is 40.2 Å². The van der Waals surface area contributed by atoms with Gasteiger partial charge in [-0.3, -0.25) is 4.79 Å². The van der Waals surface area contributed by atoms with Crippen LogP contribution in [0.25, 0.3) is 6.08 Å². The van der Waals surface area contributed by atoms with Gasteiger partial charge in [-0.15, -0.1) is 0 Å². The zero-order valence-electron chi connectivity index (χ0n) is 18.8. The van der Waals surface area contributed by atoms with E-state index in [-0.39, 0.29) is 18.3 Å². The average molecular weight is 541 g/mol. The predicted molar refractivity (Wildman–Crippen MR) is 138 cm³/mol. The normalized spacial score (nSPS) is 15.6. The second-order valence-electron chi connectivity index (χ2n) is 7.67. The number of halogens is 2. The quantitative estimate of drug-likeness (QED) is 0.354. The molecule has 1 amide bonds. The zero-order valence-corrected chi connectivity index (χ0v) is 21.2. The van der Waals surface area contributed by atoms with Crippen LogP contribution >= 0.6 is 27.7 Å². The Balaban J connectivity index is 1.51. The molecular weight excluding hydrogens is 519 g/mol. The molecule has 3 aromatic rings. The van der Waals surface area contributed by atoms with Crippen LogP contribution in [0.3, 0.4) is 0 Å². The number of nitrogens with one attached hydrogen (secondary N) is 1. The molecule has 3 aromatic carbocycles. The van der Waals surface area contributed by atoms with Crippen LogP contribution in [-0.4, -0.2) is 18.2 Å². The lowest BCUT2D eigenvalue weighted by atomic mass is 10.1. The molecule has 0 spiro atoms. The van der Waals surface area contributed by atoms with Gasteiger partial charge in [-0.2, -0.15) is 0 Å². The Labute approximate surface area is 210 Å². The van der Waals surface area contributed by atoms with Gasteiger partial charge >= 0.3 is 0 Å². The van der Waals surface area contributed by atoms with Crippen molar-refractivity contribution in [2.24, 2.45) is 4.99 Å². The van der Waals surface area contributed by atoms with Crippen molar-refractivity contribution in [3.05, 3.63) is 92.0 Å². The highest BCUT2D eigenvalue weighted by atomic mass is 79.9. The Hall–Kier alpha value is -3.10. The van der Waals surface area contributed by atoms with E-state index in [0.29, 0.717) is 27.1 Å². The minimum absolute atomic E-state index is 0.0799. The predicted octanol–water partition coefficient (Wildman–Crippen LogP) is 6.68. The lowest BCUT2D eigenvalue weighted by molar-refractivity contribution is -0.115. The lowest BCUT2D eigenvalue weighted by Gasteiger charge is -2.12. The largest absolute Gasteiger partial charge is 0.493 e. The second kappa shape index (κ2) is 10.4. The van der Waals surface area contributed by atoms with Gasteiger partial charge in [-0.05, 0) is 78.7 Å². The van der Waals surface area contributed by atoms with Crippen molar-refractivity contribution in [2.75, 3.05) is 7.11 Å². The molecule has 4 rings (SSSR count). The summed E-state index contributed by atoms with van der Waals surface area (Å²) in [4.78, 5) is 17.6. The van der Waals surface area contributed by atoms with Gasteiger partial charge < -0.3 is 14.8 Å². The smallest absolute Gasteiger partial charge is 0.264 e. The van der Waals surface area contributed by atoms with Gasteiger partial charge in [0.2, 0.25) is 0 Å². The van der Waals surface area contributed by atoms with E-state index in [2.05, 4.69) is 26.2 Å². The number of carbonyl (C=O) groups is 1. The highest BCUT2D eigenvalue weighted by Crippen LogP contribution is 2.33. The van der Waals surface area contributed by atoms with Crippen LogP contribution in [0.1, 0.15) is 22.3 Å². The Morgan fingerprint density at radius 1 is 1.09 bits per heavy atom. The first-order valence-electron chi connectivity index (χ1n) is 10.4. The van der Waals surface area contributed by atoms with E-state index in [1.807, 2.05) is 32.0 Å². The molecule has 174 valence electrons. The van der Waals surface area contributed by atoms with E-state index in [1.54, 1.807) is 36.4 Å². The number of hydrogen-bond donors (Lipinski definition) is 1. The van der Waals surface area contributed by atoms with Gasteiger partial charge in [-0.25, -0.2) is 9.38 Å². The maximum atomic E-state index is 13.9. The summed E-state index contributed by atoms with van der Waals surface area (Å²) < 4.78 is 26.1. The minimum atomic E-state index is -0.321. The number of carbonyl (C=O) groups excluding carboxylic acids is 1. The first-order valence-corrected chi connectivity index (χ1v) is 12.1. The van der Waals surface area contributed by atoms with Crippen molar-refractivity contribution in [1.82, 2.24) is 5.32 Å². The Kier molecular flexibility index (Phi) is 7.38. The number of nitrogens with zero attached hydrogens (tertiary/aromatic N) is 1. The molecule has 1 saturated heterocycles. The number of aryl methyl sites for hydroxylation is 2. The number of benzene rings is 3. The molecule has 0 bridgehead atoms. The molecule has 1 aliphatic rings. The van der Waals surface area contributed by atoms with Crippen LogP contribution in [0, 0.1) is 19.7 Å². The third kappa shape index (κ3) is 5.51. The van der Waals surface area contributed by atoms with Crippen molar-refractivity contribution in [3.63, 3.8) is 0 Å². The molecule has 0 radical (unpaired) electrons. The molecule has 1 aliphatic heterocycles. The van der Waals surface area contributed by atoms with Gasteiger partial charge in [0.05, 0.1) is 17.7 Å². The number of methoxy groups -OCH3 is 1. The summed E-state index contributed by atoms with van der Waals surface area (Å²) in [5.41, 5.74) is 4.16. The molecule has 0 atom stereocenters. The second-order valence-corrected chi connectivity index (χ2v) is 9.49. The van der Waals surface area contributed by atoms with Crippen LogP contribution in [0.15, 0.2) is 69.0 Å². The molecular formula is C26H22BrFN2O3S. The molecule has 1 heterocycles. The number of thioether (sulfide) groups is 1. The van der Waals surface area contributed by atoms with Crippen molar-refractivity contribution in [3.8, 4) is 11.5 Å². The van der Waals surface area contributed by atoms with Gasteiger partial charge in [0, 0.05) is 10.0 Å². The van der Waals surface area contributed by atoms with Gasteiger partial charge in [0.15, 0.2) is 16.7 Å².